The van der Waals surface area contributed by atoms with Gasteiger partial charge >= 0.3 is 0 Å². The average Bonchev–Trinajstić information content (AvgIpc) is 2.45. The van der Waals surface area contributed by atoms with E-state index in [1.54, 1.807) is 6.20 Å². The van der Waals surface area contributed by atoms with E-state index in [0.717, 1.165) is 37.2 Å². The highest BCUT2D eigenvalue weighted by Crippen LogP contribution is 2.18. The lowest BCUT2D eigenvalue weighted by Crippen LogP contribution is -2.41. The monoisotopic (exact) mass is 291 g/mol. The molecular formula is C16H25N3O2. The molecule has 1 aromatic rings. The van der Waals surface area contributed by atoms with Gasteiger partial charge in [-0.1, -0.05) is 6.92 Å². The predicted molar refractivity (Wildman–Crippen MR) is 83.7 cm³/mol. The van der Waals surface area contributed by atoms with Crippen molar-refractivity contribution in [3.8, 4) is 0 Å². The fraction of sp³-hybridized carbons (Fsp3) is 0.625. The first-order chi connectivity index (χ1) is 10.1. The van der Waals surface area contributed by atoms with Crippen LogP contribution in [0, 0.1) is 6.92 Å². The number of amides is 1. The van der Waals surface area contributed by atoms with Gasteiger partial charge in [0.2, 0.25) is 0 Å². The highest BCUT2D eigenvalue weighted by Gasteiger charge is 2.22. The van der Waals surface area contributed by atoms with Crippen LogP contribution in [-0.2, 0) is 4.74 Å². The van der Waals surface area contributed by atoms with Crippen molar-refractivity contribution in [1.82, 2.24) is 10.3 Å². The minimum absolute atomic E-state index is 0.0554. The predicted octanol–water partition coefficient (Wildman–Crippen LogP) is 2.51. The van der Waals surface area contributed by atoms with E-state index in [9.17, 15) is 4.79 Å². The second-order valence-electron chi connectivity index (χ2n) is 5.67. The highest BCUT2D eigenvalue weighted by atomic mass is 16.5. The number of pyridine rings is 1. The maximum Gasteiger partial charge on any atom is 0.255 e. The number of nitrogens with zero attached hydrogens (tertiary/aromatic N) is 1. The number of anilines is 1. The lowest BCUT2D eigenvalue weighted by Gasteiger charge is -2.28. The Labute approximate surface area is 126 Å². The molecule has 0 saturated carbocycles. The lowest BCUT2D eigenvalue weighted by atomic mass is 10.0. The van der Waals surface area contributed by atoms with Crippen molar-refractivity contribution >= 4 is 11.6 Å². The minimum atomic E-state index is -0.0554. The van der Waals surface area contributed by atoms with E-state index in [-0.39, 0.29) is 18.1 Å². The molecule has 2 N–H and O–H groups in total. The number of aromatic nitrogens is 1. The van der Waals surface area contributed by atoms with Crippen molar-refractivity contribution in [2.24, 2.45) is 0 Å². The molecular weight excluding hydrogens is 266 g/mol. The van der Waals surface area contributed by atoms with Gasteiger partial charge in [0.25, 0.3) is 5.91 Å². The summed E-state index contributed by atoms with van der Waals surface area (Å²) in [4.78, 5) is 16.7. The third kappa shape index (κ3) is 4.43. The summed E-state index contributed by atoms with van der Waals surface area (Å²) in [5.41, 5.74) is 2.39. The van der Waals surface area contributed by atoms with Gasteiger partial charge in [0, 0.05) is 31.1 Å². The molecule has 1 fully saturated rings. The molecule has 1 saturated heterocycles. The van der Waals surface area contributed by atoms with E-state index in [1.807, 2.05) is 19.9 Å². The molecule has 0 aliphatic carbocycles. The van der Waals surface area contributed by atoms with E-state index < -0.39 is 0 Å². The summed E-state index contributed by atoms with van der Waals surface area (Å²) in [5.74, 6) is -0.0554. The molecule has 0 spiro atoms. The summed E-state index contributed by atoms with van der Waals surface area (Å²) >= 11 is 0. The SMILES string of the molecule is CCCNc1cc(C)ncc1C(=O)NC1CCOC(C)C1. The summed E-state index contributed by atoms with van der Waals surface area (Å²) in [6.07, 6.45) is 4.61. The second kappa shape index (κ2) is 7.41. The van der Waals surface area contributed by atoms with E-state index in [4.69, 9.17) is 4.74 Å². The van der Waals surface area contributed by atoms with Gasteiger partial charge in [0.1, 0.15) is 0 Å². The zero-order valence-electron chi connectivity index (χ0n) is 13.1. The first-order valence-electron chi connectivity index (χ1n) is 7.73. The third-order valence-electron chi connectivity index (χ3n) is 3.67. The maximum absolute atomic E-state index is 12.5. The Kier molecular flexibility index (Phi) is 5.56. The smallest absolute Gasteiger partial charge is 0.255 e. The third-order valence-corrected chi connectivity index (χ3v) is 3.67. The largest absolute Gasteiger partial charge is 0.384 e. The molecule has 1 amide bonds. The first kappa shape index (κ1) is 15.8. The van der Waals surface area contributed by atoms with Crippen molar-refractivity contribution in [3.05, 3.63) is 23.5 Å². The molecule has 5 heteroatoms. The molecule has 0 bridgehead atoms. The summed E-state index contributed by atoms with van der Waals surface area (Å²) in [6, 6.07) is 2.11. The van der Waals surface area contributed by atoms with Crippen LogP contribution in [0.2, 0.25) is 0 Å². The zero-order chi connectivity index (χ0) is 15.2. The molecule has 2 unspecified atom stereocenters. The fourth-order valence-electron chi connectivity index (χ4n) is 2.54. The molecule has 116 valence electrons. The molecule has 1 aromatic heterocycles. The van der Waals surface area contributed by atoms with Crippen LogP contribution in [0.25, 0.3) is 0 Å². The van der Waals surface area contributed by atoms with Gasteiger partial charge in [-0.25, -0.2) is 0 Å². The van der Waals surface area contributed by atoms with Gasteiger partial charge in [-0.2, -0.15) is 0 Å². The Balaban J connectivity index is 2.07. The number of nitrogens with one attached hydrogen (secondary N) is 2. The lowest BCUT2D eigenvalue weighted by molar-refractivity contribution is 0.0136. The van der Waals surface area contributed by atoms with Crippen molar-refractivity contribution < 1.29 is 9.53 Å². The number of carbonyl (C=O) groups excluding carboxylic acids is 1. The Bertz CT molecular complexity index is 490. The van der Waals surface area contributed by atoms with Crippen LogP contribution in [0.4, 0.5) is 5.69 Å². The number of aryl methyl sites for hydroxylation is 1. The van der Waals surface area contributed by atoms with Crippen molar-refractivity contribution in [2.45, 2.75) is 52.2 Å². The molecule has 1 aliphatic heterocycles. The van der Waals surface area contributed by atoms with Gasteiger partial charge in [0.05, 0.1) is 17.4 Å². The summed E-state index contributed by atoms with van der Waals surface area (Å²) < 4.78 is 5.51. The van der Waals surface area contributed by atoms with Gasteiger partial charge in [-0.15, -0.1) is 0 Å². The molecule has 2 rings (SSSR count). The van der Waals surface area contributed by atoms with E-state index >= 15 is 0 Å². The first-order valence-corrected chi connectivity index (χ1v) is 7.73. The van der Waals surface area contributed by atoms with Crippen molar-refractivity contribution in [2.75, 3.05) is 18.5 Å². The average molecular weight is 291 g/mol. The second-order valence-corrected chi connectivity index (χ2v) is 5.67. The quantitative estimate of drug-likeness (QED) is 0.875. The van der Waals surface area contributed by atoms with Gasteiger partial charge in [0.15, 0.2) is 0 Å². The number of carbonyl (C=O) groups is 1. The van der Waals surface area contributed by atoms with Crippen LogP contribution in [0.1, 0.15) is 49.2 Å². The number of rotatable bonds is 5. The fourth-order valence-corrected chi connectivity index (χ4v) is 2.54. The standard InChI is InChI=1S/C16H25N3O2/c1-4-6-17-15-8-11(2)18-10-14(15)16(20)19-13-5-7-21-12(3)9-13/h8,10,12-13H,4-7,9H2,1-3H3,(H,17,18)(H,19,20). The van der Waals surface area contributed by atoms with Gasteiger partial charge < -0.3 is 15.4 Å². The van der Waals surface area contributed by atoms with Crippen LogP contribution < -0.4 is 10.6 Å². The molecule has 1 aliphatic rings. The highest BCUT2D eigenvalue weighted by molar-refractivity contribution is 5.99. The Morgan fingerprint density at radius 2 is 2.33 bits per heavy atom. The topological polar surface area (TPSA) is 63.2 Å². The van der Waals surface area contributed by atoms with Crippen LogP contribution in [0.15, 0.2) is 12.3 Å². The Morgan fingerprint density at radius 1 is 1.52 bits per heavy atom. The van der Waals surface area contributed by atoms with E-state index in [0.29, 0.717) is 12.2 Å². The number of ether oxygens (including phenoxy) is 1. The summed E-state index contributed by atoms with van der Waals surface area (Å²) in [5, 5.41) is 6.41. The summed E-state index contributed by atoms with van der Waals surface area (Å²) in [7, 11) is 0. The van der Waals surface area contributed by atoms with E-state index in [2.05, 4.69) is 22.5 Å². The van der Waals surface area contributed by atoms with E-state index in [1.165, 1.54) is 0 Å². The Morgan fingerprint density at radius 3 is 3.05 bits per heavy atom. The molecule has 0 radical (unpaired) electrons. The van der Waals surface area contributed by atoms with Crippen molar-refractivity contribution in [1.29, 1.82) is 0 Å². The van der Waals surface area contributed by atoms with Crippen LogP contribution >= 0.6 is 0 Å². The van der Waals surface area contributed by atoms with Gasteiger partial charge in [-0.05, 0) is 39.2 Å². The van der Waals surface area contributed by atoms with Crippen LogP contribution in [-0.4, -0.2) is 36.2 Å². The van der Waals surface area contributed by atoms with Crippen LogP contribution in [0.3, 0.4) is 0 Å². The molecule has 2 heterocycles. The molecule has 5 nitrogen and oxygen atoms in total. The molecule has 0 aromatic carbocycles. The van der Waals surface area contributed by atoms with Gasteiger partial charge in [-0.3, -0.25) is 9.78 Å². The minimum Gasteiger partial charge on any atom is -0.384 e. The maximum atomic E-state index is 12.5. The number of hydrogen-bond donors (Lipinski definition) is 2. The van der Waals surface area contributed by atoms with Crippen molar-refractivity contribution in [3.63, 3.8) is 0 Å². The number of hydrogen-bond acceptors (Lipinski definition) is 4. The summed E-state index contributed by atoms with van der Waals surface area (Å²) in [6.45, 7) is 7.63. The normalized spacial score (nSPS) is 21.9. The van der Waals surface area contributed by atoms with Crippen LogP contribution in [0.5, 0.6) is 0 Å². The zero-order valence-corrected chi connectivity index (χ0v) is 13.1. The Hall–Kier alpha value is -1.62. The molecule has 21 heavy (non-hydrogen) atoms. The molecule has 2 atom stereocenters.